The number of hydrogen-bond donors (Lipinski definition) is 0. The van der Waals surface area contributed by atoms with Gasteiger partial charge in [-0.05, 0) is 12.8 Å². The van der Waals surface area contributed by atoms with Crippen LogP contribution in [0.1, 0.15) is 97.3 Å². The van der Waals surface area contributed by atoms with E-state index in [1.165, 1.54) is 83.5 Å². The zero-order valence-electron chi connectivity index (χ0n) is 14.1. The van der Waals surface area contributed by atoms with Crippen molar-refractivity contribution in [3.63, 3.8) is 0 Å². The Kier molecular flexibility index (Phi) is 18.8. The van der Waals surface area contributed by atoms with Gasteiger partial charge in [-0.2, -0.15) is 0 Å². The van der Waals surface area contributed by atoms with Gasteiger partial charge in [0.05, 0.1) is 0 Å². The molecular weight excluding hydrogens is 248 g/mol. The van der Waals surface area contributed by atoms with Crippen LogP contribution in [0.5, 0.6) is 0 Å². The Labute approximate surface area is 127 Å². The topological polar surface area (TPSA) is 18.5 Å². The maximum atomic E-state index is 5.48. The van der Waals surface area contributed by atoms with E-state index in [2.05, 4.69) is 13.8 Å². The predicted octanol–water partition coefficient (Wildman–Crippen LogP) is 6.09. The second kappa shape index (κ2) is 18.9. The second-order valence-corrected chi connectivity index (χ2v) is 5.82. The first-order valence-corrected chi connectivity index (χ1v) is 9.07. The van der Waals surface area contributed by atoms with Crippen LogP contribution in [0.4, 0.5) is 0 Å². The maximum Gasteiger partial charge on any atom is 0.146 e. The average molecular weight is 286 g/mol. The summed E-state index contributed by atoms with van der Waals surface area (Å²) in [6.07, 6.45) is 17.3. The van der Waals surface area contributed by atoms with E-state index in [9.17, 15) is 0 Å². The molecule has 0 heterocycles. The van der Waals surface area contributed by atoms with Crippen molar-refractivity contribution in [3.8, 4) is 0 Å². The van der Waals surface area contributed by atoms with E-state index in [1.54, 1.807) is 0 Å². The van der Waals surface area contributed by atoms with Gasteiger partial charge in [0.2, 0.25) is 0 Å². The van der Waals surface area contributed by atoms with Gasteiger partial charge in [0.1, 0.15) is 6.79 Å². The van der Waals surface area contributed by atoms with Crippen LogP contribution in [0.2, 0.25) is 0 Å². The summed E-state index contributed by atoms with van der Waals surface area (Å²) in [6, 6.07) is 0. The summed E-state index contributed by atoms with van der Waals surface area (Å²) in [7, 11) is 0. The number of unbranched alkanes of at least 4 members (excludes halogenated alkanes) is 11. The van der Waals surface area contributed by atoms with Crippen molar-refractivity contribution >= 4 is 0 Å². The molecule has 0 spiro atoms. The van der Waals surface area contributed by atoms with Gasteiger partial charge < -0.3 is 9.47 Å². The second-order valence-electron chi connectivity index (χ2n) is 5.82. The molecule has 0 aliphatic carbocycles. The smallest absolute Gasteiger partial charge is 0.146 e. The first-order chi connectivity index (χ1) is 9.91. The minimum Gasteiger partial charge on any atom is -0.355 e. The number of ether oxygens (including phenoxy) is 2. The van der Waals surface area contributed by atoms with Crippen LogP contribution < -0.4 is 0 Å². The molecule has 122 valence electrons. The van der Waals surface area contributed by atoms with Crippen LogP contribution in [0, 0.1) is 0 Å². The predicted molar refractivity (Wildman–Crippen MR) is 88.1 cm³/mol. The maximum absolute atomic E-state index is 5.48. The highest BCUT2D eigenvalue weighted by Crippen LogP contribution is 2.07. The third-order valence-corrected chi connectivity index (χ3v) is 3.70. The molecule has 0 saturated carbocycles. The van der Waals surface area contributed by atoms with Gasteiger partial charge in [-0.1, -0.05) is 84.5 Å². The molecule has 0 radical (unpaired) electrons. The normalized spacial score (nSPS) is 11.1. The Morgan fingerprint density at radius 1 is 0.450 bits per heavy atom. The molecule has 0 aliphatic heterocycles. The van der Waals surface area contributed by atoms with Crippen molar-refractivity contribution in [1.82, 2.24) is 0 Å². The highest BCUT2D eigenvalue weighted by Gasteiger charge is 1.93. The average Bonchev–Trinajstić information content (AvgIpc) is 2.47. The van der Waals surface area contributed by atoms with Crippen LogP contribution in [0.3, 0.4) is 0 Å². The van der Waals surface area contributed by atoms with E-state index >= 15 is 0 Å². The van der Waals surface area contributed by atoms with Crippen molar-refractivity contribution in [3.05, 3.63) is 0 Å². The standard InChI is InChI=1S/C18H38O2/c1-3-5-7-9-11-13-15-17-20-18-19-16-14-12-10-8-6-4-2/h3-18H2,1-2H3. The molecule has 0 atom stereocenters. The van der Waals surface area contributed by atoms with Crippen LogP contribution >= 0.6 is 0 Å². The van der Waals surface area contributed by atoms with Gasteiger partial charge in [-0.25, -0.2) is 0 Å². The van der Waals surface area contributed by atoms with Crippen LogP contribution in [-0.2, 0) is 9.47 Å². The zero-order valence-corrected chi connectivity index (χ0v) is 14.1. The van der Waals surface area contributed by atoms with E-state index in [1.807, 2.05) is 0 Å². The summed E-state index contributed by atoms with van der Waals surface area (Å²) in [6.45, 7) is 6.74. The Morgan fingerprint density at radius 2 is 0.800 bits per heavy atom. The van der Waals surface area contributed by atoms with E-state index < -0.39 is 0 Å². The molecule has 0 N–H and O–H groups in total. The van der Waals surface area contributed by atoms with Crippen LogP contribution in [0.15, 0.2) is 0 Å². The molecular formula is C18H38O2. The third-order valence-electron chi connectivity index (χ3n) is 3.70. The summed E-state index contributed by atoms with van der Waals surface area (Å²) in [5.41, 5.74) is 0. The minimum absolute atomic E-state index is 0.491. The third kappa shape index (κ3) is 17.9. The van der Waals surface area contributed by atoms with Crippen molar-refractivity contribution in [2.75, 3.05) is 20.0 Å². The lowest BCUT2D eigenvalue weighted by atomic mass is 10.1. The lowest BCUT2D eigenvalue weighted by Crippen LogP contribution is -2.03. The van der Waals surface area contributed by atoms with E-state index in [0.29, 0.717) is 6.79 Å². The molecule has 0 aromatic carbocycles. The Balaban J connectivity index is 2.89. The highest BCUT2D eigenvalue weighted by atomic mass is 16.7. The van der Waals surface area contributed by atoms with Crippen molar-refractivity contribution in [2.24, 2.45) is 0 Å². The molecule has 0 unspecified atom stereocenters. The SMILES string of the molecule is CCCCCCCCCOCOCCCCCCCC. The lowest BCUT2D eigenvalue weighted by Gasteiger charge is -2.06. The molecule has 0 rings (SSSR count). The Bertz CT molecular complexity index is 141. The highest BCUT2D eigenvalue weighted by molar-refractivity contribution is 4.45. The first kappa shape index (κ1) is 19.9. The fourth-order valence-corrected chi connectivity index (χ4v) is 2.32. The summed E-state index contributed by atoms with van der Waals surface area (Å²) < 4.78 is 11.0. The zero-order chi connectivity index (χ0) is 14.7. The van der Waals surface area contributed by atoms with Crippen molar-refractivity contribution in [2.45, 2.75) is 97.3 Å². The van der Waals surface area contributed by atoms with E-state index in [4.69, 9.17) is 9.47 Å². The Hall–Kier alpha value is -0.0800. The van der Waals surface area contributed by atoms with Crippen molar-refractivity contribution < 1.29 is 9.47 Å². The monoisotopic (exact) mass is 286 g/mol. The molecule has 0 fully saturated rings. The molecule has 20 heavy (non-hydrogen) atoms. The number of hydrogen-bond acceptors (Lipinski definition) is 2. The van der Waals surface area contributed by atoms with Crippen LogP contribution in [0.25, 0.3) is 0 Å². The fraction of sp³-hybridized carbons (Fsp3) is 1.00. The molecule has 0 saturated heterocycles. The summed E-state index contributed by atoms with van der Waals surface area (Å²) >= 11 is 0. The summed E-state index contributed by atoms with van der Waals surface area (Å²) in [5.74, 6) is 0. The molecule has 2 nitrogen and oxygen atoms in total. The van der Waals surface area contributed by atoms with Gasteiger partial charge in [0.25, 0.3) is 0 Å². The number of rotatable bonds is 17. The summed E-state index contributed by atoms with van der Waals surface area (Å²) in [4.78, 5) is 0. The molecule has 0 amide bonds. The fourth-order valence-electron chi connectivity index (χ4n) is 2.32. The molecule has 0 aliphatic rings. The first-order valence-electron chi connectivity index (χ1n) is 9.07. The Morgan fingerprint density at radius 3 is 1.20 bits per heavy atom. The van der Waals surface area contributed by atoms with Gasteiger partial charge in [0, 0.05) is 13.2 Å². The minimum atomic E-state index is 0.491. The van der Waals surface area contributed by atoms with E-state index in [0.717, 1.165) is 13.2 Å². The van der Waals surface area contributed by atoms with E-state index in [-0.39, 0.29) is 0 Å². The molecule has 0 aromatic rings. The lowest BCUT2D eigenvalue weighted by molar-refractivity contribution is -0.0556. The van der Waals surface area contributed by atoms with Gasteiger partial charge in [-0.15, -0.1) is 0 Å². The van der Waals surface area contributed by atoms with Crippen LogP contribution in [-0.4, -0.2) is 20.0 Å². The van der Waals surface area contributed by atoms with Gasteiger partial charge in [0.15, 0.2) is 0 Å². The van der Waals surface area contributed by atoms with Crippen molar-refractivity contribution in [1.29, 1.82) is 0 Å². The van der Waals surface area contributed by atoms with Gasteiger partial charge in [-0.3, -0.25) is 0 Å². The molecule has 2 heteroatoms. The largest absolute Gasteiger partial charge is 0.355 e. The molecule has 0 aromatic heterocycles. The van der Waals surface area contributed by atoms with Gasteiger partial charge >= 0.3 is 0 Å². The quantitative estimate of drug-likeness (QED) is 0.238. The summed E-state index contributed by atoms with van der Waals surface area (Å²) in [5, 5.41) is 0. The molecule has 0 bridgehead atoms.